The maximum Gasteiger partial charge on any atom is 0.223 e. The molecule has 2 saturated heterocycles. The van der Waals surface area contributed by atoms with Crippen LogP contribution in [0.25, 0.3) is 15.8 Å². The first-order valence-electron chi connectivity index (χ1n) is 10.1. The number of nitrogens with two attached hydrogens (primary N) is 1. The number of rotatable bonds is 5. The molecule has 0 spiro atoms. The highest BCUT2D eigenvalue weighted by Crippen LogP contribution is 2.34. The number of hydrogen-bond donors (Lipinski definition) is 2. The largest absolute Gasteiger partial charge is 0.384 e. The van der Waals surface area contributed by atoms with Gasteiger partial charge in [-0.25, -0.2) is 4.98 Å². The highest BCUT2D eigenvalue weighted by Gasteiger charge is 2.29. The molecule has 1 aromatic carbocycles. The Kier molecular flexibility index (Phi) is 5.67. The molecule has 1 aliphatic carbocycles. The van der Waals surface area contributed by atoms with Crippen molar-refractivity contribution in [1.82, 2.24) is 9.88 Å². The minimum absolute atomic E-state index is 0.123. The molecule has 2 bridgehead atoms. The topological polar surface area (TPSA) is 83.6 Å². The summed E-state index contributed by atoms with van der Waals surface area (Å²) in [7, 11) is 0. The fraction of sp³-hybridized carbons (Fsp3) is 0.409. The molecule has 1 amide bonds. The molecule has 3 fully saturated rings. The van der Waals surface area contributed by atoms with Gasteiger partial charge in [-0.3, -0.25) is 9.79 Å². The van der Waals surface area contributed by atoms with Crippen LogP contribution in [0, 0.1) is 11.8 Å². The number of carbonyl (C=O) groups is 1. The van der Waals surface area contributed by atoms with E-state index in [1.54, 1.807) is 12.4 Å². The van der Waals surface area contributed by atoms with Crippen LogP contribution < -0.4 is 11.1 Å². The van der Waals surface area contributed by atoms with Crippen LogP contribution in [0.2, 0.25) is 0 Å². The molecule has 3 heterocycles. The van der Waals surface area contributed by atoms with E-state index in [9.17, 15) is 4.79 Å². The predicted octanol–water partition coefficient (Wildman–Crippen LogP) is 4.22. The highest BCUT2D eigenvalue weighted by molar-refractivity contribution is 7.22. The molecule has 1 saturated carbocycles. The Hall–Kier alpha value is -2.67. The summed E-state index contributed by atoms with van der Waals surface area (Å²) < 4.78 is 0.996. The molecule has 152 valence electrons. The second-order valence-electron chi connectivity index (χ2n) is 8.03. The van der Waals surface area contributed by atoms with Gasteiger partial charge in [0.05, 0.1) is 16.4 Å². The Morgan fingerprint density at radius 2 is 2.00 bits per heavy atom. The van der Waals surface area contributed by atoms with Gasteiger partial charge >= 0.3 is 0 Å². The molecule has 3 N–H and O–H groups in total. The highest BCUT2D eigenvalue weighted by atomic mass is 32.1. The number of benzene rings is 1. The zero-order valence-electron chi connectivity index (χ0n) is 16.7. The quantitative estimate of drug-likeness (QED) is 0.724. The van der Waals surface area contributed by atoms with Crippen LogP contribution >= 0.6 is 11.3 Å². The molecule has 0 atom stereocenters. The second kappa shape index (κ2) is 8.37. The van der Waals surface area contributed by atoms with Gasteiger partial charge in [-0.2, -0.15) is 0 Å². The zero-order chi connectivity index (χ0) is 20.4. The minimum atomic E-state index is -0.123. The summed E-state index contributed by atoms with van der Waals surface area (Å²) in [6.07, 6.45) is 8.82. The van der Waals surface area contributed by atoms with Gasteiger partial charge in [-0.05, 0) is 60.8 Å². The summed E-state index contributed by atoms with van der Waals surface area (Å²) in [6, 6.07) is 5.92. The maximum atomic E-state index is 11.2. The zero-order valence-corrected chi connectivity index (χ0v) is 17.5. The number of hydrogen-bond acceptors (Lipinski definition) is 6. The van der Waals surface area contributed by atoms with Gasteiger partial charge in [0.1, 0.15) is 5.82 Å². The number of nitrogens with one attached hydrogen (secondary N) is 1. The molecular formula is C22H27N5OS. The van der Waals surface area contributed by atoms with Crippen LogP contribution in [-0.4, -0.2) is 35.1 Å². The molecule has 2 aliphatic heterocycles. The van der Waals surface area contributed by atoms with E-state index in [0.717, 1.165) is 52.1 Å². The van der Waals surface area contributed by atoms with E-state index < -0.39 is 0 Å². The standard InChI is InChI=1S/C22H27N5OS/c1-14(18-7-8-19-20(9-18)29-22(26-19)25-15(2)28)10-24-11-21(23)27-12-16-3-4-17(13-27)6-5-16/h7-11,16-17H,1,3-6,12-13,23H2,2H3,(H,25,26,28)/b21-11+,24-10-. The Morgan fingerprint density at radius 1 is 1.31 bits per heavy atom. The number of fused-ring (bicyclic) bond motifs is 5. The summed E-state index contributed by atoms with van der Waals surface area (Å²) in [6.45, 7) is 7.70. The molecule has 0 radical (unpaired) electrons. The van der Waals surface area contributed by atoms with Gasteiger partial charge < -0.3 is 16.0 Å². The number of amides is 1. The SMILES string of the molecule is C=C(/C=N\C=C(/N)N1CC2CCC(CC2)C1)c1ccc2nc(NC(C)=O)sc2c1. The molecule has 6 nitrogen and oxygen atoms in total. The average molecular weight is 410 g/mol. The van der Waals surface area contributed by atoms with Crippen LogP contribution in [0.3, 0.4) is 0 Å². The number of aromatic nitrogens is 1. The fourth-order valence-corrected chi connectivity index (χ4v) is 5.14. The van der Waals surface area contributed by atoms with Gasteiger partial charge in [0.15, 0.2) is 5.13 Å². The van der Waals surface area contributed by atoms with Gasteiger partial charge in [0, 0.05) is 26.2 Å². The van der Waals surface area contributed by atoms with Crippen molar-refractivity contribution in [3.8, 4) is 0 Å². The van der Waals surface area contributed by atoms with E-state index in [2.05, 4.69) is 26.8 Å². The van der Waals surface area contributed by atoms with Crippen LogP contribution in [0.5, 0.6) is 0 Å². The molecular weight excluding hydrogens is 382 g/mol. The molecule has 5 rings (SSSR count). The number of carbonyl (C=O) groups excluding carboxylic acids is 1. The summed E-state index contributed by atoms with van der Waals surface area (Å²) >= 11 is 1.45. The lowest BCUT2D eigenvalue weighted by atomic mass is 9.84. The van der Waals surface area contributed by atoms with E-state index >= 15 is 0 Å². The number of thiazole rings is 1. The van der Waals surface area contributed by atoms with Crippen molar-refractivity contribution >= 4 is 44.4 Å². The lowest BCUT2D eigenvalue weighted by Crippen LogP contribution is -2.31. The van der Waals surface area contributed by atoms with Crippen molar-refractivity contribution in [2.45, 2.75) is 32.6 Å². The first-order chi connectivity index (χ1) is 14.0. The third-order valence-corrected chi connectivity index (χ3v) is 6.70. The number of aliphatic imine (C=N–C) groups is 1. The first kappa shape index (κ1) is 19.6. The normalized spacial score (nSPS) is 22.2. The average Bonchev–Trinajstić information content (AvgIpc) is 2.85. The smallest absolute Gasteiger partial charge is 0.223 e. The van der Waals surface area contributed by atoms with Crippen molar-refractivity contribution in [3.63, 3.8) is 0 Å². The van der Waals surface area contributed by atoms with E-state index in [1.807, 2.05) is 18.2 Å². The van der Waals surface area contributed by atoms with Crippen LogP contribution in [0.1, 0.15) is 38.2 Å². The van der Waals surface area contributed by atoms with Crippen LogP contribution in [0.15, 0.2) is 41.8 Å². The van der Waals surface area contributed by atoms with Crippen molar-refractivity contribution < 1.29 is 4.79 Å². The molecule has 7 heteroatoms. The predicted molar refractivity (Wildman–Crippen MR) is 121 cm³/mol. The third kappa shape index (κ3) is 4.67. The van der Waals surface area contributed by atoms with Crippen LogP contribution in [-0.2, 0) is 4.79 Å². The summed E-state index contributed by atoms with van der Waals surface area (Å²) in [4.78, 5) is 22.3. The van der Waals surface area contributed by atoms with E-state index in [1.165, 1.54) is 43.9 Å². The lowest BCUT2D eigenvalue weighted by Gasteiger charge is -2.24. The van der Waals surface area contributed by atoms with Crippen molar-refractivity contribution in [2.24, 2.45) is 22.6 Å². The molecule has 1 aromatic heterocycles. The number of anilines is 1. The van der Waals surface area contributed by atoms with Crippen molar-refractivity contribution in [2.75, 3.05) is 18.4 Å². The lowest BCUT2D eigenvalue weighted by molar-refractivity contribution is -0.114. The maximum absolute atomic E-state index is 11.2. The monoisotopic (exact) mass is 409 g/mol. The third-order valence-electron chi connectivity index (χ3n) is 5.77. The fourth-order valence-electron chi connectivity index (χ4n) is 4.19. The Morgan fingerprint density at radius 3 is 2.66 bits per heavy atom. The Balaban J connectivity index is 1.43. The van der Waals surface area contributed by atoms with Gasteiger partial charge in [0.25, 0.3) is 0 Å². The minimum Gasteiger partial charge on any atom is -0.384 e. The van der Waals surface area contributed by atoms with Gasteiger partial charge in [-0.1, -0.05) is 24.0 Å². The Bertz CT molecular complexity index is 970. The second-order valence-corrected chi connectivity index (χ2v) is 9.06. The molecule has 0 unspecified atom stereocenters. The van der Waals surface area contributed by atoms with E-state index in [0.29, 0.717) is 5.13 Å². The molecule has 3 aliphatic rings. The number of allylic oxidation sites excluding steroid dienone is 1. The Labute approximate surface area is 175 Å². The number of nitrogens with zero attached hydrogens (tertiary/aromatic N) is 3. The first-order valence-corrected chi connectivity index (χ1v) is 10.9. The van der Waals surface area contributed by atoms with Crippen molar-refractivity contribution in [1.29, 1.82) is 0 Å². The van der Waals surface area contributed by atoms with E-state index in [-0.39, 0.29) is 5.91 Å². The van der Waals surface area contributed by atoms with Gasteiger partial charge in [0.2, 0.25) is 5.91 Å². The molecule has 2 aromatic rings. The van der Waals surface area contributed by atoms with Gasteiger partial charge in [-0.15, -0.1) is 0 Å². The summed E-state index contributed by atoms with van der Waals surface area (Å²) in [5, 5.41) is 3.33. The van der Waals surface area contributed by atoms with Crippen LogP contribution in [0.4, 0.5) is 5.13 Å². The molecule has 29 heavy (non-hydrogen) atoms. The summed E-state index contributed by atoms with van der Waals surface area (Å²) in [5.74, 6) is 2.16. The van der Waals surface area contributed by atoms with E-state index in [4.69, 9.17) is 5.73 Å². The van der Waals surface area contributed by atoms with Crippen molar-refractivity contribution in [3.05, 3.63) is 42.4 Å². The summed E-state index contributed by atoms with van der Waals surface area (Å²) in [5.41, 5.74) is 8.95.